The smallest absolute Gasteiger partial charge is 0.308 e. The minimum absolute atomic E-state index is 0.207. The number of nitrogens with two attached hydrogens (primary N) is 1. The first-order valence-corrected chi connectivity index (χ1v) is 13.8. The van der Waals surface area contributed by atoms with Gasteiger partial charge in [0.2, 0.25) is 5.91 Å². The van der Waals surface area contributed by atoms with Gasteiger partial charge < -0.3 is 25.8 Å². The summed E-state index contributed by atoms with van der Waals surface area (Å²) < 4.78 is 6.29. The molecule has 5 N–H and O–H groups in total. The zero-order valence-corrected chi connectivity index (χ0v) is 23.8. The standard InChI is InChI=1S/C31H28BrN5O3/c1-31(2,3)40-26(38)14-24(33)30(39)35-17-9-10-20-21(13-17)18-6-4-5-7-19(18)27-28(20)37-29(36-27)23-15-34-25-11-8-16(32)12-22(23)25/h4-13,15,24,34H,14,33H2,1-3H3,(H,35,39)(H,36,37)/t24-/m1/s1. The van der Waals surface area contributed by atoms with E-state index in [4.69, 9.17) is 15.5 Å². The number of amides is 1. The van der Waals surface area contributed by atoms with Crippen molar-refractivity contribution >= 4 is 77.0 Å². The van der Waals surface area contributed by atoms with Crippen LogP contribution in [-0.2, 0) is 14.3 Å². The molecular formula is C31H28BrN5O3. The fourth-order valence-electron chi connectivity index (χ4n) is 5.06. The highest BCUT2D eigenvalue weighted by Gasteiger charge is 2.23. The molecule has 4 aromatic carbocycles. The van der Waals surface area contributed by atoms with Gasteiger partial charge in [-0.05, 0) is 61.9 Å². The summed E-state index contributed by atoms with van der Waals surface area (Å²) in [4.78, 5) is 36.9. The summed E-state index contributed by atoms with van der Waals surface area (Å²) in [6, 6.07) is 18.9. The molecule has 0 fully saturated rings. The predicted molar refractivity (Wildman–Crippen MR) is 163 cm³/mol. The summed E-state index contributed by atoms with van der Waals surface area (Å²) in [5, 5.41) is 7.87. The van der Waals surface area contributed by atoms with Crippen molar-refractivity contribution in [3.8, 4) is 11.4 Å². The number of nitrogens with zero attached hydrogens (tertiary/aromatic N) is 1. The van der Waals surface area contributed by atoms with Gasteiger partial charge in [0, 0.05) is 43.6 Å². The zero-order chi connectivity index (χ0) is 28.2. The highest BCUT2D eigenvalue weighted by atomic mass is 79.9. The first kappa shape index (κ1) is 26.0. The number of halogens is 1. The lowest BCUT2D eigenvalue weighted by atomic mass is 9.99. The van der Waals surface area contributed by atoms with Crippen molar-refractivity contribution < 1.29 is 14.3 Å². The highest BCUT2D eigenvalue weighted by molar-refractivity contribution is 9.10. The fraction of sp³-hybridized carbons (Fsp3) is 0.194. The lowest BCUT2D eigenvalue weighted by molar-refractivity contribution is -0.155. The van der Waals surface area contributed by atoms with E-state index in [0.717, 1.165) is 59.3 Å². The van der Waals surface area contributed by atoms with Gasteiger partial charge in [-0.1, -0.05) is 46.3 Å². The maximum absolute atomic E-state index is 12.8. The molecule has 0 spiro atoms. The first-order valence-electron chi connectivity index (χ1n) is 13.0. The van der Waals surface area contributed by atoms with Gasteiger partial charge in [-0.3, -0.25) is 9.59 Å². The molecule has 6 rings (SSSR count). The minimum atomic E-state index is -1.03. The molecule has 9 heteroatoms. The molecule has 1 amide bonds. The van der Waals surface area contributed by atoms with Crippen LogP contribution in [0.3, 0.4) is 0 Å². The van der Waals surface area contributed by atoms with E-state index in [1.807, 2.05) is 54.7 Å². The van der Waals surface area contributed by atoms with Gasteiger partial charge in [-0.2, -0.15) is 0 Å². The number of H-pyrrole nitrogens is 2. The Labute approximate surface area is 238 Å². The van der Waals surface area contributed by atoms with Crippen LogP contribution in [-0.4, -0.2) is 38.5 Å². The molecule has 8 nitrogen and oxygen atoms in total. The lowest BCUT2D eigenvalue weighted by Crippen LogP contribution is -2.39. The van der Waals surface area contributed by atoms with E-state index < -0.39 is 23.5 Å². The number of anilines is 1. The van der Waals surface area contributed by atoms with Crippen molar-refractivity contribution in [2.24, 2.45) is 5.73 Å². The number of carbonyl (C=O) groups excluding carboxylic acids is 2. The molecule has 0 unspecified atom stereocenters. The molecule has 202 valence electrons. The summed E-state index contributed by atoms with van der Waals surface area (Å²) in [6.45, 7) is 5.32. The van der Waals surface area contributed by atoms with Crippen LogP contribution in [0.1, 0.15) is 27.2 Å². The molecule has 40 heavy (non-hydrogen) atoms. The monoisotopic (exact) mass is 597 g/mol. The number of carbonyl (C=O) groups is 2. The number of hydrogen-bond donors (Lipinski definition) is 4. The van der Waals surface area contributed by atoms with Crippen LogP contribution in [0, 0.1) is 0 Å². The minimum Gasteiger partial charge on any atom is -0.460 e. The normalized spacial score (nSPS) is 12.8. The van der Waals surface area contributed by atoms with Gasteiger partial charge in [0.25, 0.3) is 0 Å². The SMILES string of the molecule is CC(C)(C)OC(=O)C[C@@H](N)C(=O)Nc1ccc2c(c1)c1ccccc1c1nc(-c3c[nH]c4ccc(Br)cc34)[nH]c21. The number of esters is 1. The van der Waals surface area contributed by atoms with Crippen LogP contribution >= 0.6 is 15.9 Å². The first-order chi connectivity index (χ1) is 19.1. The fourth-order valence-corrected chi connectivity index (χ4v) is 5.42. The highest BCUT2D eigenvalue weighted by Crippen LogP contribution is 2.38. The second-order valence-electron chi connectivity index (χ2n) is 10.9. The Balaban J connectivity index is 1.39. The topological polar surface area (TPSA) is 126 Å². The van der Waals surface area contributed by atoms with Gasteiger partial charge in [0.1, 0.15) is 11.4 Å². The van der Waals surface area contributed by atoms with E-state index in [2.05, 4.69) is 43.3 Å². The molecule has 0 radical (unpaired) electrons. The van der Waals surface area contributed by atoms with Crippen LogP contribution in [0.25, 0.3) is 54.9 Å². The van der Waals surface area contributed by atoms with Gasteiger partial charge >= 0.3 is 5.97 Å². The Kier molecular flexibility index (Phi) is 6.35. The average Bonchev–Trinajstić information content (AvgIpc) is 3.52. The van der Waals surface area contributed by atoms with E-state index in [0.29, 0.717) is 5.69 Å². The largest absolute Gasteiger partial charge is 0.460 e. The van der Waals surface area contributed by atoms with Crippen LogP contribution in [0.15, 0.2) is 71.3 Å². The summed E-state index contributed by atoms with van der Waals surface area (Å²) in [5.74, 6) is -0.202. The maximum atomic E-state index is 12.8. The molecule has 0 saturated heterocycles. The third kappa shape index (κ3) is 4.82. The molecule has 0 aliphatic rings. The predicted octanol–water partition coefficient (Wildman–Crippen LogP) is 6.78. The van der Waals surface area contributed by atoms with Gasteiger partial charge in [0.15, 0.2) is 0 Å². The number of benzene rings is 4. The summed E-state index contributed by atoms with van der Waals surface area (Å²) in [7, 11) is 0. The van der Waals surface area contributed by atoms with Gasteiger partial charge in [-0.25, -0.2) is 4.98 Å². The van der Waals surface area contributed by atoms with Crippen LogP contribution < -0.4 is 11.1 Å². The van der Waals surface area contributed by atoms with Crippen molar-refractivity contribution in [1.82, 2.24) is 15.0 Å². The number of ether oxygens (including phenoxy) is 1. The summed E-state index contributed by atoms with van der Waals surface area (Å²) in [5.41, 5.74) is 9.76. The molecular weight excluding hydrogens is 570 g/mol. The number of rotatable bonds is 5. The van der Waals surface area contributed by atoms with E-state index in [1.54, 1.807) is 20.8 Å². The summed E-state index contributed by atoms with van der Waals surface area (Å²) in [6.07, 6.45) is 1.76. The Hall–Kier alpha value is -4.21. The van der Waals surface area contributed by atoms with Crippen molar-refractivity contribution in [2.45, 2.75) is 38.8 Å². The van der Waals surface area contributed by atoms with E-state index in [9.17, 15) is 9.59 Å². The van der Waals surface area contributed by atoms with Gasteiger partial charge in [-0.15, -0.1) is 0 Å². The molecule has 0 aliphatic heterocycles. The van der Waals surface area contributed by atoms with Crippen LogP contribution in [0.4, 0.5) is 5.69 Å². The maximum Gasteiger partial charge on any atom is 0.308 e. The van der Waals surface area contributed by atoms with Crippen LogP contribution in [0.2, 0.25) is 0 Å². The second-order valence-corrected chi connectivity index (χ2v) is 11.8. The Morgan fingerprint density at radius 2 is 1.77 bits per heavy atom. The number of hydrogen-bond acceptors (Lipinski definition) is 5. The number of nitrogens with one attached hydrogen (secondary N) is 3. The molecule has 6 aromatic rings. The molecule has 0 saturated carbocycles. The zero-order valence-electron chi connectivity index (χ0n) is 22.3. The molecule has 0 aliphatic carbocycles. The average molecular weight is 599 g/mol. The summed E-state index contributed by atoms with van der Waals surface area (Å²) >= 11 is 3.57. The number of aromatic amines is 2. The lowest BCUT2D eigenvalue weighted by Gasteiger charge is -2.20. The third-order valence-corrected chi connectivity index (χ3v) is 7.27. The van der Waals surface area contributed by atoms with Crippen molar-refractivity contribution in [1.29, 1.82) is 0 Å². The van der Waals surface area contributed by atoms with E-state index in [-0.39, 0.29) is 6.42 Å². The van der Waals surface area contributed by atoms with Crippen molar-refractivity contribution in [2.75, 3.05) is 5.32 Å². The number of aromatic nitrogens is 3. The molecule has 1 atom stereocenters. The molecule has 2 aromatic heterocycles. The third-order valence-electron chi connectivity index (χ3n) is 6.77. The van der Waals surface area contributed by atoms with Crippen LogP contribution in [0.5, 0.6) is 0 Å². The Morgan fingerprint density at radius 1 is 1.00 bits per heavy atom. The van der Waals surface area contributed by atoms with E-state index in [1.165, 1.54) is 0 Å². The van der Waals surface area contributed by atoms with E-state index >= 15 is 0 Å². The van der Waals surface area contributed by atoms with Crippen molar-refractivity contribution in [3.63, 3.8) is 0 Å². The molecule has 2 heterocycles. The van der Waals surface area contributed by atoms with Crippen molar-refractivity contribution in [3.05, 3.63) is 71.3 Å². The number of fused-ring (bicyclic) bond motifs is 7. The Morgan fingerprint density at radius 3 is 2.55 bits per heavy atom. The number of imidazole rings is 1. The second kappa shape index (κ2) is 9.76. The quantitative estimate of drug-likeness (QED) is 0.129. The van der Waals surface area contributed by atoms with Gasteiger partial charge in [0.05, 0.1) is 23.5 Å². The Bertz CT molecular complexity index is 1950. The molecule has 0 bridgehead atoms.